The third-order valence-corrected chi connectivity index (χ3v) is 3.77. The molecule has 0 saturated heterocycles. The Labute approximate surface area is 124 Å². The fraction of sp³-hybridized carbons (Fsp3) is 0.500. The number of hydrogen-bond acceptors (Lipinski definition) is 3. The van der Waals surface area contributed by atoms with E-state index in [1.54, 1.807) is 0 Å². The van der Waals surface area contributed by atoms with Gasteiger partial charge in [0.25, 0.3) is 0 Å². The van der Waals surface area contributed by atoms with E-state index < -0.39 is 5.97 Å². The molecule has 1 aliphatic carbocycles. The number of rotatable bonds is 6. The van der Waals surface area contributed by atoms with E-state index in [4.69, 9.17) is 9.84 Å². The van der Waals surface area contributed by atoms with Crippen molar-refractivity contribution in [2.75, 3.05) is 6.61 Å². The van der Waals surface area contributed by atoms with Gasteiger partial charge in [0.05, 0.1) is 18.9 Å². The first-order chi connectivity index (χ1) is 10.0. The molecule has 1 amide bonds. The maximum atomic E-state index is 11.8. The van der Waals surface area contributed by atoms with Crippen LogP contribution in [-0.4, -0.2) is 29.6 Å². The molecule has 1 fully saturated rings. The molecule has 114 valence electrons. The van der Waals surface area contributed by atoms with Crippen molar-refractivity contribution in [3.05, 3.63) is 29.8 Å². The molecule has 2 N–H and O–H groups in total. The first-order valence-corrected chi connectivity index (χ1v) is 7.26. The predicted octanol–water partition coefficient (Wildman–Crippen LogP) is 2.13. The Bertz CT molecular complexity index is 498. The van der Waals surface area contributed by atoms with Crippen molar-refractivity contribution in [2.45, 2.75) is 38.6 Å². The zero-order valence-electron chi connectivity index (χ0n) is 12.2. The van der Waals surface area contributed by atoms with Crippen LogP contribution in [0.3, 0.4) is 0 Å². The van der Waals surface area contributed by atoms with Crippen LogP contribution in [0.25, 0.3) is 0 Å². The highest BCUT2D eigenvalue weighted by Gasteiger charge is 2.30. The van der Waals surface area contributed by atoms with Gasteiger partial charge in [0.1, 0.15) is 5.75 Å². The van der Waals surface area contributed by atoms with Crippen LogP contribution in [-0.2, 0) is 9.59 Å². The minimum Gasteiger partial charge on any atom is -0.493 e. The van der Waals surface area contributed by atoms with Gasteiger partial charge in [-0.25, -0.2) is 0 Å². The number of aliphatic carboxylic acids is 1. The molecule has 1 saturated carbocycles. The largest absolute Gasteiger partial charge is 0.493 e. The molecule has 0 unspecified atom stereocenters. The average Bonchev–Trinajstić information content (AvgIpc) is 2.90. The van der Waals surface area contributed by atoms with Gasteiger partial charge in [-0.15, -0.1) is 0 Å². The molecule has 0 spiro atoms. The van der Waals surface area contributed by atoms with Crippen LogP contribution >= 0.6 is 0 Å². The Kier molecular flexibility index (Phi) is 5.20. The highest BCUT2D eigenvalue weighted by Crippen LogP contribution is 2.25. The molecule has 21 heavy (non-hydrogen) atoms. The van der Waals surface area contributed by atoms with Crippen molar-refractivity contribution >= 4 is 11.9 Å². The monoisotopic (exact) mass is 291 g/mol. The molecular weight excluding hydrogens is 270 g/mol. The van der Waals surface area contributed by atoms with Gasteiger partial charge in [-0.2, -0.15) is 0 Å². The number of benzene rings is 1. The number of amides is 1. The van der Waals surface area contributed by atoms with Crippen molar-refractivity contribution in [1.82, 2.24) is 5.32 Å². The predicted molar refractivity (Wildman–Crippen MR) is 78.2 cm³/mol. The van der Waals surface area contributed by atoms with Crippen molar-refractivity contribution in [2.24, 2.45) is 5.92 Å². The highest BCUT2D eigenvalue weighted by atomic mass is 16.5. The van der Waals surface area contributed by atoms with Crippen LogP contribution in [0.2, 0.25) is 0 Å². The second-order valence-corrected chi connectivity index (χ2v) is 5.52. The lowest BCUT2D eigenvalue weighted by Gasteiger charge is -2.12. The van der Waals surface area contributed by atoms with Gasteiger partial charge in [-0.3, -0.25) is 9.59 Å². The zero-order valence-corrected chi connectivity index (χ0v) is 12.2. The number of carboxylic acid groups (broad SMARTS) is 1. The summed E-state index contributed by atoms with van der Waals surface area (Å²) in [5.74, 6) is -0.424. The van der Waals surface area contributed by atoms with E-state index in [0.717, 1.165) is 17.7 Å². The van der Waals surface area contributed by atoms with Crippen molar-refractivity contribution in [1.29, 1.82) is 0 Å². The number of nitrogens with one attached hydrogen (secondary N) is 1. The molecule has 2 rings (SSSR count). The van der Waals surface area contributed by atoms with Crippen molar-refractivity contribution < 1.29 is 19.4 Å². The number of hydrogen-bond donors (Lipinski definition) is 2. The van der Waals surface area contributed by atoms with E-state index in [-0.39, 0.29) is 24.3 Å². The van der Waals surface area contributed by atoms with E-state index in [2.05, 4.69) is 5.32 Å². The maximum Gasteiger partial charge on any atom is 0.306 e. The summed E-state index contributed by atoms with van der Waals surface area (Å²) in [4.78, 5) is 22.6. The summed E-state index contributed by atoms with van der Waals surface area (Å²) in [6.07, 6.45) is 2.18. The topological polar surface area (TPSA) is 75.6 Å². The second kappa shape index (κ2) is 7.11. The molecule has 0 heterocycles. The quantitative estimate of drug-likeness (QED) is 0.842. The van der Waals surface area contributed by atoms with Crippen LogP contribution < -0.4 is 10.1 Å². The first kappa shape index (κ1) is 15.4. The third kappa shape index (κ3) is 4.77. The number of ether oxygens (including phenoxy) is 1. The molecule has 1 aromatic rings. The van der Waals surface area contributed by atoms with Crippen molar-refractivity contribution in [3.8, 4) is 5.75 Å². The molecule has 1 aromatic carbocycles. The van der Waals surface area contributed by atoms with Gasteiger partial charge in [0.2, 0.25) is 5.91 Å². The Hall–Kier alpha value is -2.04. The van der Waals surface area contributed by atoms with Crippen LogP contribution in [0.4, 0.5) is 0 Å². The normalized spacial score (nSPS) is 21.0. The molecular formula is C16H21NO4. The number of carbonyl (C=O) groups is 2. The minimum absolute atomic E-state index is 0.0158. The highest BCUT2D eigenvalue weighted by molar-refractivity contribution is 5.77. The number of carboxylic acids is 1. The summed E-state index contributed by atoms with van der Waals surface area (Å²) in [5, 5.41) is 11.8. The molecule has 1 aliphatic rings. The van der Waals surface area contributed by atoms with Gasteiger partial charge in [0, 0.05) is 6.04 Å². The summed E-state index contributed by atoms with van der Waals surface area (Å²) in [5.41, 5.74) is 1.16. The van der Waals surface area contributed by atoms with Gasteiger partial charge in [-0.05, 0) is 38.3 Å². The maximum absolute atomic E-state index is 11.8. The van der Waals surface area contributed by atoms with Crippen LogP contribution in [0.1, 0.15) is 31.2 Å². The molecule has 0 bridgehead atoms. The van der Waals surface area contributed by atoms with Gasteiger partial charge in [-0.1, -0.05) is 17.7 Å². The van der Waals surface area contributed by atoms with E-state index in [1.807, 2.05) is 31.2 Å². The molecule has 0 aromatic heterocycles. The number of carbonyl (C=O) groups excluding carboxylic acids is 1. The summed E-state index contributed by atoms with van der Waals surface area (Å²) >= 11 is 0. The fourth-order valence-corrected chi connectivity index (χ4v) is 2.53. The molecule has 0 aliphatic heterocycles. The SMILES string of the molecule is Cc1ccc(OCCC(=O)N[C@H]2CC[C@@H](C(=O)O)C2)cc1. The molecule has 5 nitrogen and oxygen atoms in total. The van der Waals surface area contributed by atoms with Crippen molar-refractivity contribution in [3.63, 3.8) is 0 Å². The fourth-order valence-electron chi connectivity index (χ4n) is 2.53. The molecule has 2 atom stereocenters. The van der Waals surface area contributed by atoms with E-state index in [0.29, 0.717) is 19.4 Å². The molecule has 0 radical (unpaired) electrons. The minimum atomic E-state index is -0.769. The van der Waals surface area contributed by atoms with Gasteiger partial charge >= 0.3 is 5.97 Å². The standard InChI is InChI=1S/C16H21NO4/c1-11-2-6-14(7-3-11)21-9-8-15(18)17-13-5-4-12(10-13)16(19)20/h2-3,6-7,12-13H,4-5,8-10H2,1H3,(H,17,18)(H,19,20)/t12-,13+/m1/s1. The molecule has 5 heteroatoms. The number of aryl methyl sites for hydroxylation is 1. The Balaban J connectivity index is 1.66. The summed E-state index contributed by atoms with van der Waals surface area (Å²) < 4.78 is 5.50. The summed E-state index contributed by atoms with van der Waals surface area (Å²) in [6, 6.07) is 7.65. The van der Waals surface area contributed by atoms with E-state index in [1.165, 1.54) is 0 Å². The Morgan fingerprint density at radius 2 is 2.00 bits per heavy atom. The summed E-state index contributed by atoms with van der Waals surface area (Å²) in [7, 11) is 0. The lowest BCUT2D eigenvalue weighted by molar-refractivity contribution is -0.141. The zero-order chi connectivity index (χ0) is 15.2. The van der Waals surface area contributed by atoms with E-state index >= 15 is 0 Å². The third-order valence-electron chi connectivity index (χ3n) is 3.77. The Morgan fingerprint density at radius 1 is 1.29 bits per heavy atom. The van der Waals surface area contributed by atoms with Gasteiger partial charge in [0.15, 0.2) is 0 Å². The first-order valence-electron chi connectivity index (χ1n) is 7.26. The summed E-state index contributed by atoms with van der Waals surface area (Å²) in [6.45, 7) is 2.33. The average molecular weight is 291 g/mol. The smallest absolute Gasteiger partial charge is 0.306 e. The second-order valence-electron chi connectivity index (χ2n) is 5.52. The van der Waals surface area contributed by atoms with Crippen LogP contribution in [0, 0.1) is 12.8 Å². The van der Waals surface area contributed by atoms with Gasteiger partial charge < -0.3 is 15.2 Å². The lowest BCUT2D eigenvalue weighted by atomic mass is 10.1. The van der Waals surface area contributed by atoms with Crippen LogP contribution in [0.5, 0.6) is 5.75 Å². The Morgan fingerprint density at radius 3 is 2.62 bits per heavy atom. The van der Waals surface area contributed by atoms with E-state index in [9.17, 15) is 9.59 Å². The lowest BCUT2D eigenvalue weighted by Crippen LogP contribution is -2.34. The van der Waals surface area contributed by atoms with Crippen LogP contribution in [0.15, 0.2) is 24.3 Å².